The van der Waals surface area contributed by atoms with Crippen LogP contribution in [-0.4, -0.2) is 25.5 Å². The minimum Gasteiger partial charge on any atom is -0.348 e. The Labute approximate surface area is 116 Å². The van der Waals surface area contributed by atoms with Crippen LogP contribution in [0, 0.1) is 11.6 Å². The molecule has 0 aliphatic carbocycles. The van der Waals surface area contributed by atoms with Crippen LogP contribution in [-0.2, 0) is 0 Å². The average molecular weight is 289 g/mol. The van der Waals surface area contributed by atoms with Crippen molar-refractivity contribution in [3.05, 3.63) is 47.0 Å². The topological polar surface area (TPSA) is 41.1 Å². The van der Waals surface area contributed by atoms with Gasteiger partial charge in [0.05, 0.1) is 5.56 Å². The molecule has 1 amide bonds. The Kier molecular flexibility index (Phi) is 5.92. The molecule has 2 N–H and O–H groups in total. The normalized spacial score (nSPS) is 14.3. The first-order valence-electron chi connectivity index (χ1n) is 5.78. The molecule has 1 aliphatic heterocycles. The SMILES string of the molecule is Cl.O=C(NCC1=CCNCC1)c1ccc(F)cc1F. The molecule has 3 nitrogen and oxygen atoms in total. The van der Waals surface area contributed by atoms with Crippen LogP contribution in [0.2, 0.25) is 0 Å². The summed E-state index contributed by atoms with van der Waals surface area (Å²) in [6, 6.07) is 2.93. The predicted molar refractivity (Wildman–Crippen MR) is 71.5 cm³/mol. The zero-order chi connectivity index (χ0) is 13.0. The Bertz CT molecular complexity index is 492. The third kappa shape index (κ3) is 4.29. The summed E-state index contributed by atoms with van der Waals surface area (Å²) in [7, 11) is 0. The van der Waals surface area contributed by atoms with Crippen LogP contribution in [0.1, 0.15) is 16.8 Å². The molecule has 0 atom stereocenters. The molecule has 0 aromatic heterocycles. The van der Waals surface area contributed by atoms with Crippen LogP contribution < -0.4 is 10.6 Å². The number of benzene rings is 1. The van der Waals surface area contributed by atoms with Crippen molar-refractivity contribution < 1.29 is 13.6 Å². The molecule has 19 heavy (non-hydrogen) atoms. The van der Waals surface area contributed by atoms with E-state index in [4.69, 9.17) is 0 Å². The van der Waals surface area contributed by atoms with Crippen LogP contribution in [0.15, 0.2) is 29.8 Å². The number of nitrogens with one attached hydrogen (secondary N) is 2. The van der Waals surface area contributed by atoms with Gasteiger partial charge in [-0.15, -0.1) is 12.4 Å². The van der Waals surface area contributed by atoms with Crippen molar-refractivity contribution in [2.45, 2.75) is 6.42 Å². The Morgan fingerprint density at radius 1 is 1.37 bits per heavy atom. The second-order valence-electron chi connectivity index (χ2n) is 4.12. The van der Waals surface area contributed by atoms with Crippen LogP contribution in [0.4, 0.5) is 8.78 Å². The lowest BCUT2D eigenvalue weighted by Gasteiger charge is -2.14. The highest BCUT2D eigenvalue weighted by molar-refractivity contribution is 5.94. The van der Waals surface area contributed by atoms with Crippen LogP contribution in [0.25, 0.3) is 0 Å². The average Bonchev–Trinajstić information content (AvgIpc) is 2.37. The quantitative estimate of drug-likeness (QED) is 0.836. The second-order valence-corrected chi connectivity index (χ2v) is 4.12. The summed E-state index contributed by atoms with van der Waals surface area (Å²) in [4.78, 5) is 11.7. The van der Waals surface area contributed by atoms with Crippen molar-refractivity contribution in [2.24, 2.45) is 0 Å². The largest absolute Gasteiger partial charge is 0.348 e. The fraction of sp³-hybridized carbons (Fsp3) is 0.308. The Morgan fingerprint density at radius 2 is 2.16 bits per heavy atom. The standard InChI is InChI=1S/C13H14F2N2O.ClH/c14-10-1-2-11(12(15)7-10)13(18)17-8-9-3-5-16-6-4-9;/h1-3,7,16H,4-6,8H2,(H,17,18);1H. The van der Waals surface area contributed by atoms with Gasteiger partial charge in [-0.1, -0.05) is 11.6 Å². The van der Waals surface area contributed by atoms with Crippen molar-refractivity contribution in [1.29, 1.82) is 0 Å². The van der Waals surface area contributed by atoms with Crippen molar-refractivity contribution in [2.75, 3.05) is 19.6 Å². The maximum absolute atomic E-state index is 13.3. The third-order valence-electron chi connectivity index (χ3n) is 2.81. The van der Waals surface area contributed by atoms with Crippen LogP contribution >= 0.6 is 12.4 Å². The number of amides is 1. The van der Waals surface area contributed by atoms with E-state index in [9.17, 15) is 13.6 Å². The Hall–Kier alpha value is -1.46. The van der Waals surface area contributed by atoms with Gasteiger partial charge in [-0.05, 0) is 25.1 Å². The summed E-state index contributed by atoms with van der Waals surface area (Å²) in [5.74, 6) is -2.05. The van der Waals surface area contributed by atoms with E-state index in [1.165, 1.54) is 0 Å². The minimum atomic E-state index is -0.841. The third-order valence-corrected chi connectivity index (χ3v) is 2.81. The fourth-order valence-electron chi connectivity index (χ4n) is 1.79. The van der Waals surface area contributed by atoms with E-state index in [0.717, 1.165) is 37.2 Å². The summed E-state index contributed by atoms with van der Waals surface area (Å²) >= 11 is 0. The van der Waals surface area contributed by atoms with Gasteiger partial charge in [-0.3, -0.25) is 4.79 Å². The summed E-state index contributed by atoms with van der Waals surface area (Å²) < 4.78 is 26.0. The monoisotopic (exact) mass is 288 g/mol. The van der Waals surface area contributed by atoms with E-state index >= 15 is 0 Å². The fourth-order valence-corrected chi connectivity index (χ4v) is 1.79. The molecule has 0 bridgehead atoms. The molecule has 1 heterocycles. The number of carbonyl (C=O) groups is 1. The van der Waals surface area contributed by atoms with Gasteiger partial charge in [-0.2, -0.15) is 0 Å². The number of halogens is 3. The highest BCUT2D eigenvalue weighted by Gasteiger charge is 2.12. The van der Waals surface area contributed by atoms with Crippen molar-refractivity contribution in [1.82, 2.24) is 10.6 Å². The van der Waals surface area contributed by atoms with Gasteiger partial charge in [0, 0.05) is 19.2 Å². The number of hydrogen-bond donors (Lipinski definition) is 2. The van der Waals surface area contributed by atoms with E-state index in [1.54, 1.807) is 0 Å². The lowest BCUT2D eigenvalue weighted by molar-refractivity contribution is 0.0952. The summed E-state index contributed by atoms with van der Waals surface area (Å²) in [6.45, 7) is 2.07. The summed E-state index contributed by atoms with van der Waals surface area (Å²) in [5.41, 5.74) is 0.982. The van der Waals surface area contributed by atoms with E-state index in [0.29, 0.717) is 12.6 Å². The van der Waals surface area contributed by atoms with E-state index < -0.39 is 17.5 Å². The second kappa shape index (κ2) is 7.21. The minimum absolute atomic E-state index is 0. The Morgan fingerprint density at radius 3 is 2.79 bits per heavy atom. The predicted octanol–water partition coefficient (Wildman–Crippen LogP) is 2.04. The number of rotatable bonds is 3. The van der Waals surface area contributed by atoms with Gasteiger partial charge in [0.2, 0.25) is 0 Å². The number of hydrogen-bond acceptors (Lipinski definition) is 2. The molecule has 0 spiro atoms. The van der Waals surface area contributed by atoms with Gasteiger partial charge in [0.15, 0.2) is 0 Å². The molecule has 0 unspecified atom stereocenters. The van der Waals surface area contributed by atoms with E-state index in [1.807, 2.05) is 6.08 Å². The molecule has 1 aromatic carbocycles. The molecule has 0 radical (unpaired) electrons. The van der Waals surface area contributed by atoms with Gasteiger partial charge in [-0.25, -0.2) is 8.78 Å². The molecule has 104 valence electrons. The summed E-state index contributed by atoms with van der Waals surface area (Å²) in [6.07, 6.45) is 2.87. The zero-order valence-electron chi connectivity index (χ0n) is 10.2. The molecule has 0 saturated carbocycles. The highest BCUT2D eigenvalue weighted by Crippen LogP contribution is 2.10. The maximum Gasteiger partial charge on any atom is 0.254 e. The lowest BCUT2D eigenvalue weighted by Crippen LogP contribution is -2.30. The van der Waals surface area contributed by atoms with Crippen LogP contribution in [0.5, 0.6) is 0 Å². The van der Waals surface area contributed by atoms with Gasteiger partial charge < -0.3 is 10.6 Å². The van der Waals surface area contributed by atoms with E-state index in [-0.39, 0.29) is 18.0 Å². The smallest absolute Gasteiger partial charge is 0.254 e. The van der Waals surface area contributed by atoms with Gasteiger partial charge in [0.1, 0.15) is 11.6 Å². The molecule has 2 rings (SSSR count). The zero-order valence-corrected chi connectivity index (χ0v) is 11.0. The Balaban J connectivity index is 0.00000180. The first-order valence-corrected chi connectivity index (χ1v) is 5.78. The molecule has 0 fully saturated rings. The van der Waals surface area contributed by atoms with Crippen molar-refractivity contribution >= 4 is 18.3 Å². The molecular weight excluding hydrogens is 274 g/mol. The first-order chi connectivity index (χ1) is 8.66. The number of carbonyl (C=O) groups excluding carboxylic acids is 1. The lowest BCUT2D eigenvalue weighted by atomic mass is 10.1. The van der Waals surface area contributed by atoms with Crippen molar-refractivity contribution in [3.63, 3.8) is 0 Å². The molecule has 0 saturated heterocycles. The molecule has 1 aliphatic rings. The van der Waals surface area contributed by atoms with Gasteiger partial charge in [0.25, 0.3) is 5.91 Å². The highest BCUT2D eigenvalue weighted by atomic mass is 35.5. The molecule has 1 aromatic rings. The first kappa shape index (κ1) is 15.6. The molecule has 6 heteroatoms. The van der Waals surface area contributed by atoms with E-state index in [2.05, 4.69) is 10.6 Å². The molecular formula is C13H15ClF2N2O. The van der Waals surface area contributed by atoms with Crippen molar-refractivity contribution in [3.8, 4) is 0 Å². The summed E-state index contributed by atoms with van der Waals surface area (Å²) in [5, 5.41) is 5.79. The van der Waals surface area contributed by atoms with Crippen LogP contribution in [0.3, 0.4) is 0 Å². The van der Waals surface area contributed by atoms with Gasteiger partial charge >= 0.3 is 0 Å². The maximum atomic E-state index is 13.3.